The van der Waals surface area contributed by atoms with Crippen molar-refractivity contribution in [3.05, 3.63) is 46.0 Å². The van der Waals surface area contributed by atoms with Crippen molar-refractivity contribution in [2.24, 2.45) is 0 Å². The Morgan fingerprint density at radius 3 is 2.43 bits per heavy atom. The minimum absolute atomic E-state index is 0.173. The van der Waals surface area contributed by atoms with Gasteiger partial charge in [0, 0.05) is 4.92 Å². The first-order valence-electron chi connectivity index (χ1n) is 4.28. The van der Waals surface area contributed by atoms with E-state index < -0.39 is 10.8 Å². The van der Waals surface area contributed by atoms with Crippen molar-refractivity contribution >= 4 is 5.78 Å². The molecule has 1 rings (SSSR count). The Kier molecular flexibility index (Phi) is 3.34. The van der Waals surface area contributed by atoms with Crippen LogP contribution < -0.4 is 0 Å². The van der Waals surface area contributed by atoms with E-state index in [-0.39, 0.29) is 12.3 Å². The van der Waals surface area contributed by atoms with Gasteiger partial charge in [-0.05, 0) is 12.5 Å². The Morgan fingerprint density at radius 1 is 1.43 bits per heavy atom. The van der Waals surface area contributed by atoms with Crippen LogP contribution in [0.2, 0.25) is 0 Å². The van der Waals surface area contributed by atoms with Crippen molar-refractivity contribution in [2.75, 3.05) is 6.54 Å². The van der Waals surface area contributed by atoms with Gasteiger partial charge < -0.3 is 0 Å². The third-order valence-electron chi connectivity index (χ3n) is 2.02. The minimum atomic E-state index is -0.619. The summed E-state index contributed by atoms with van der Waals surface area (Å²) in [6.07, 6.45) is 0. The standard InChI is InChI=1S/C10H11NO3/c1-8(12)10(7-11(13)14)9-5-3-2-4-6-9/h2-6,10H,7H2,1H3. The fourth-order valence-electron chi connectivity index (χ4n) is 1.30. The maximum Gasteiger partial charge on any atom is 0.217 e. The Bertz CT molecular complexity index is 334. The molecule has 1 aromatic rings. The van der Waals surface area contributed by atoms with Crippen molar-refractivity contribution < 1.29 is 9.72 Å². The van der Waals surface area contributed by atoms with Gasteiger partial charge in [0.05, 0.1) is 0 Å². The Hall–Kier alpha value is -1.71. The van der Waals surface area contributed by atoms with Gasteiger partial charge in [0.1, 0.15) is 11.7 Å². The highest BCUT2D eigenvalue weighted by atomic mass is 16.6. The summed E-state index contributed by atoms with van der Waals surface area (Å²) in [7, 11) is 0. The van der Waals surface area contributed by atoms with Crippen molar-refractivity contribution in [1.29, 1.82) is 0 Å². The van der Waals surface area contributed by atoms with Gasteiger partial charge in [-0.3, -0.25) is 14.9 Å². The number of carbonyl (C=O) groups is 1. The van der Waals surface area contributed by atoms with Gasteiger partial charge in [-0.15, -0.1) is 0 Å². The van der Waals surface area contributed by atoms with Crippen LogP contribution in [0.15, 0.2) is 30.3 Å². The molecule has 0 spiro atoms. The lowest BCUT2D eigenvalue weighted by Crippen LogP contribution is -2.18. The van der Waals surface area contributed by atoms with Crippen LogP contribution in [0.3, 0.4) is 0 Å². The molecule has 0 aliphatic heterocycles. The summed E-state index contributed by atoms with van der Waals surface area (Å²) in [5.41, 5.74) is 0.705. The quantitative estimate of drug-likeness (QED) is 0.539. The molecule has 0 amide bonds. The summed E-state index contributed by atoms with van der Waals surface area (Å²) >= 11 is 0. The first kappa shape index (κ1) is 10.4. The number of ketones is 1. The molecule has 0 N–H and O–H groups in total. The molecule has 14 heavy (non-hydrogen) atoms. The Morgan fingerprint density at radius 2 is 2.00 bits per heavy atom. The van der Waals surface area contributed by atoms with Crippen LogP contribution in [-0.4, -0.2) is 17.3 Å². The van der Waals surface area contributed by atoms with Crippen LogP contribution in [0.25, 0.3) is 0 Å². The number of nitrogens with zero attached hydrogens (tertiary/aromatic N) is 1. The van der Waals surface area contributed by atoms with Crippen LogP contribution >= 0.6 is 0 Å². The average Bonchev–Trinajstić information content (AvgIpc) is 2.15. The second-order valence-electron chi connectivity index (χ2n) is 3.09. The normalized spacial score (nSPS) is 12.1. The molecule has 0 bridgehead atoms. The summed E-state index contributed by atoms with van der Waals surface area (Å²) in [6.45, 7) is 1.04. The molecular weight excluding hydrogens is 182 g/mol. The fraction of sp³-hybridized carbons (Fsp3) is 0.300. The van der Waals surface area contributed by atoms with Crippen LogP contribution in [0, 0.1) is 10.1 Å². The van der Waals surface area contributed by atoms with Gasteiger partial charge in [0.2, 0.25) is 6.54 Å². The summed E-state index contributed by atoms with van der Waals surface area (Å²) in [5, 5.41) is 10.3. The van der Waals surface area contributed by atoms with Gasteiger partial charge in [-0.1, -0.05) is 30.3 Å². The topological polar surface area (TPSA) is 60.2 Å². The van der Waals surface area contributed by atoms with Crippen molar-refractivity contribution in [3.63, 3.8) is 0 Å². The summed E-state index contributed by atoms with van der Waals surface area (Å²) in [4.78, 5) is 21.1. The summed E-state index contributed by atoms with van der Waals surface area (Å²) < 4.78 is 0. The molecule has 0 aliphatic carbocycles. The SMILES string of the molecule is CC(=O)C(C[N+](=O)[O-])c1ccccc1. The number of hydrogen-bond acceptors (Lipinski definition) is 3. The number of hydrogen-bond donors (Lipinski definition) is 0. The lowest BCUT2D eigenvalue weighted by atomic mass is 9.96. The van der Waals surface area contributed by atoms with Crippen molar-refractivity contribution in [3.8, 4) is 0 Å². The summed E-state index contributed by atoms with van der Waals surface area (Å²) in [5.74, 6) is -0.793. The molecule has 0 fully saturated rings. The zero-order valence-corrected chi connectivity index (χ0v) is 7.84. The maximum atomic E-state index is 11.2. The van der Waals surface area contributed by atoms with E-state index in [1.807, 2.05) is 6.07 Å². The summed E-state index contributed by atoms with van der Waals surface area (Å²) in [6, 6.07) is 8.81. The average molecular weight is 193 g/mol. The molecule has 1 atom stereocenters. The van der Waals surface area contributed by atoms with Crippen LogP contribution in [0.4, 0.5) is 0 Å². The number of nitro groups is 1. The fourth-order valence-corrected chi connectivity index (χ4v) is 1.30. The highest BCUT2D eigenvalue weighted by Gasteiger charge is 2.21. The van der Waals surface area contributed by atoms with E-state index in [1.165, 1.54) is 6.92 Å². The predicted octanol–water partition coefficient (Wildman–Crippen LogP) is 1.64. The number of benzene rings is 1. The largest absolute Gasteiger partial charge is 0.299 e. The smallest absolute Gasteiger partial charge is 0.217 e. The molecule has 1 unspecified atom stereocenters. The van der Waals surface area contributed by atoms with E-state index in [2.05, 4.69) is 0 Å². The first-order valence-corrected chi connectivity index (χ1v) is 4.28. The third-order valence-corrected chi connectivity index (χ3v) is 2.02. The van der Waals surface area contributed by atoms with Crippen LogP contribution in [0.5, 0.6) is 0 Å². The molecule has 1 aromatic carbocycles. The molecule has 0 aromatic heterocycles. The molecule has 0 saturated carbocycles. The second-order valence-corrected chi connectivity index (χ2v) is 3.09. The molecule has 0 radical (unpaired) electrons. The van der Waals surface area contributed by atoms with E-state index in [1.54, 1.807) is 24.3 Å². The highest BCUT2D eigenvalue weighted by molar-refractivity contribution is 5.83. The maximum absolute atomic E-state index is 11.2. The van der Waals surface area contributed by atoms with Gasteiger partial charge in [-0.2, -0.15) is 0 Å². The van der Waals surface area contributed by atoms with E-state index in [4.69, 9.17) is 0 Å². The highest BCUT2D eigenvalue weighted by Crippen LogP contribution is 2.16. The minimum Gasteiger partial charge on any atom is -0.299 e. The van der Waals surface area contributed by atoms with E-state index in [0.717, 1.165) is 0 Å². The van der Waals surface area contributed by atoms with Crippen molar-refractivity contribution in [1.82, 2.24) is 0 Å². The lowest BCUT2D eigenvalue weighted by Gasteiger charge is -2.08. The number of carbonyl (C=O) groups excluding carboxylic acids is 1. The van der Waals surface area contributed by atoms with Gasteiger partial charge >= 0.3 is 0 Å². The number of Topliss-reactive ketones (excluding diaryl/α,β-unsaturated/α-hetero) is 1. The van der Waals surface area contributed by atoms with Gasteiger partial charge in [-0.25, -0.2) is 0 Å². The molecular formula is C10H11NO3. The van der Waals surface area contributed by atoms with E-state index in [0.29, 0.717) is 5.56 Å². The second kappa shape index (κ2) is 4.50. The first-order chi connectivity index (χ1) is 6.61. The predicted molar refractivity (Wildman–Crippen MR) is 51.7 cm³/mol. The molecule has 0 aliphatic rings. The van der Waals surface area contributed by atoms with Gasteiger partial charge in [0.15, 0.2) is 0 Å². The molecule has 4 nitrogen and oxygen atoms in total. The van der Waals surface area contributed by atoms with Crippen molar-refractivity contribution in [2.45, 2.75) is 12.8 Å². The zero-order chi connectivity index (χ0) is 10.6. The zero-order valence-electron chi connectivity index (χ0n) is 7.84. The Balaban J connectivity index is 2.89. The van der Waals surface area contributed by atoms with Crippen LogP contribution in [0.1, 0.15) is 18.4 Å². The monoisotopic (exact) mass is 193 g/mol. The molecule has 4 heteroatoms. The Labute approximate surface area is 81.7 Å². The molecule has 0 heterocycles. The molecule has 0 saturated heterocycles. The van der Waals surface area contributed by atoms with Crippen LogP contribution in [-0.2, 0) is 4.79 Å². The van der Waals surface area contributed by atoms with Gasteiger partial charge in [0.25, 0.3) is 0 Å². The van der Waals surface area contributed by atoms with E-state index >= 15 is 0 Å². The lowest BCUT2D eigenvalue weighted by molar-refractivity contribution is -0.481. The third kappa shape index (κ3) is 2.65. The molecule has 74 valence electrons. The number of rotatable bonds is 4. The van der Waals surface area contributed by atoms with E-state index in [9.17, 15) is 14.9 Å².